The van der Waals surface area contributed by atoms with E-state index in [9.17, 15) is 9.00 Å². The number of piperidine rings is 1. The van der Waals surface area contributed by atoms with Gasteiger partial charge in [-0.1, -0.05) is 23.7 Å². The highest BCUT2D eigenvalue weighted by Crippen LogP contribution is 2.38. The Morgan fingerprint density at radius 2 is 2.08 bits per heavy atom. The van der Waals surface area contributed by atoms with Crippen molar-refractivity contribution in [1.29, 1.82) is 5.26 Å². The minimum atomic E-state index is -2.73. The van der Waals surface area contributed by atoms with Crippen molar-refractivity contribution in [3.63, 3.8) is 0 Å². The lowest BCUT2D eigenvalue weighted by molar-refractivity contribution is -0.157. The van der Waals surface area contributed by atoms with Crippen molar-refractivity contribution < 1.29 is 13.7 Å². The van der Waals surface area contributed by atoms with Gasteiger partial charge < -0.3 is 4.74 Å². The van der Waals surface area contributed by atoms with Gasteiger partial charge in [0.15, 0.2) is 0 Å². The van der Waals surface area contributed by atoms with Crippen LogP contribution in [0.4, 0.5) is 0 Å². The molecule has 0 saturated carbocycles. The van der Waals surface area contributed by atoms with Gasteiger partial charge in [-0.2, -0.15) is 5.26 Å². The molecule has 1 heterocycles. The van der Waals surface area contributed by atoms with Crippen molar-refractivity contribution in [1.82, 2.24) is 4.31 Å². The summed E-state index contributed by atoms with van der Waals surface area (Å²) in [5.41, 5.74) is -0.822. The van der Waals surface area contributed by atoms with E-state index in [2.05, 4.69) is 11.9 Å². The highest BCUT2D eigenvalue weighted by Gasteiger charge is 2.44. The predicted octanol–water partition coefficient (Wildman–Crippen LogP) is 2.89. The first kappa shape index (κ1) is 18.8. The molecule has 1 saturated heterocycles. The van der Waals surface area contributed by atoms with Gasteiger partial charge in [-0.3, -0.25) is 4.79 Å². The first-order valence-corrected chi connectivity index (χ1v) is 9.84. The number of rotatable bonds is 5. The average molecular weight is 369 g/mol. The maximum Gasteiger partial charge on any atom is 0.313 e. The molecule has 0 amide bonds. The molecule has 1 aliphatic heterocycles. The number of benzene rings is 1. The van der Waals surface area contributed by atoms with Crippen molar-refractivity contribution in [2.24, 2.45) is 5.41 Å². The van der Waals surface area contributed by atoms with Gasteiger partial charge in [0.25, 0.3) is 0 Å². The lowest BCUT2D eigenvalue weighted by Gasteiger charge is -2.39. The molecule has 1 aromatic carbocycles. The molecule has 7 heteroatoms. The zero-order valence-corrected chi connectivity index (χ0v) is 15.2. The van der Waals surface area contributed by atoms with E-state index in [1.807, 2.05) is 0 Å². The van der Waals surface area contributed by atoms with Crippen LogP contribution in [-0.4, -0.2) is 40.1 Å². The van der Waals surface area contributed by atoms with Crippen LogP contribution in [0.5, 0.6) is 0 Å². The maximum absolute atomic E-state index is 13.2. The molecular formula is C17H21ClN2O3S. The molecule has 0 aromatic heterocycles. The van der Waals surface area contributed by atoms with Crippen LogP contribution in [0, 0.1) is 16.7 Å². The Morgan fingerprint density at radius 3 is 2.62 bits per heavy atom. The van der Waals surface area contributed by atoms with E-state index >= 15 is 0 Å². The molecule has 0 N–H and O–H groups in total. The van der Waals surface area contributed by atoms with Crippen molar-refractivity contribution in [3.05, 3.63) is 29.3 Å². The van der Waals surface area contributed by atoms with Gasteiger partial charge in [-0.15, -0.1) is 0 Å². The van der Waals surface area contributed by atoms with Gasteiger partial charge in [0.2, 0.25) is 0 Å². The summed E-state index contributed by atoms with van der Waals surface area (Å²) in [6.07, 6.45) is 0.927. The number of esters is 1. The third-order valence-corrected chi connectivity index (χ3v) is 7.09. The third kappa shape index (κ3) is 3.59. The topological polar surface area (TPSA) is 70.4 Å². The summed E-state index contributed by atoms with van der Waals surface area (Å²) in [5, 5.41) is 9.50. The van der Waals surface area contributed by atoms with Crippen LogP contribution in [0.3, 0.4) is 0 Å². The number of ether oxygens (including phenoxy) is 1. The second-order valence-electron chi connectivity index (χ2n) is 5.84. The Balaban J connectivity index is 2.21. The van der Waals surface area contributed by atoms with Crippen LogP contribution in [0.1, 0.15) is 26.2 Å². The fraction of sp³-hybridized carbons (Fsp3) is 0.471. The summed E-state index contributed by atoms with van der Waals surface area (Å²) < 4.78 is 20.1. The van der Waals surface area contributed by atoms with E-state index in [4.69, 9.17) is 21.6 Å². The van der Waals surface area contributed by atoms with E-state index in [1.165, 1.54) is 0 Å². The fourth-order valence-corrected chi connectivity index (χ4v) is 5.15. The van der Waals surface area contributed by atoms with E-state index < -0.39 is 15.1 Å². The Morgan fingerprint density at radius 1 is 1.46 bits per heavy atom. The molecule has 1 unspecified atom stereocenters. The number of hydrogen-bond donors (Lipinski definition) is 0. The zero-order valence-electron chi connectivity index (χ0n) is 13.7. The molecule has 0 radical (unpaired) electrons. The highest BCUT2D eigenvalue weighted by atomic mass is 35.5. The van der Waals surface area contributed by atoms with Gasteiger partial charge in [-0.05, 0) is 37.8 Å². The quantitative estimate of drug-likeness (QED) is 0.591. The van der Waals surface area contributed by atoms with Crippen molar-refractivity contribution >= 4 is 33.1 Å². The van der Waals surface area contributed by atoms with E-state index in [0.29, 0.717) is 35.8 Å². The molecule has 0 spiro atoms. The standard InChI is InChI=1S/C17H21ClN2O3S/c1-3-23-16(21)17(8-11-19)9-12-20(13-10-17)24(2,22)15-7-5-4-6-14(15)18/h4-7H,2-3,8-10,12-13H2,1H3. The summed E-state index contributed by atoms with van der Waals surface area (Å²) in [7, 11) is -2.73. The Bertz CT molecular complexity index is 747. The minimum Gasteiger partial charge on any atom is -0.466 e. The minimum absolute atomic E-state index is 0.101. The van der Waals surface area contributed by atoms with Crippen LogP contribution < -0.4 is 0 Å². The molecule has 1 aliphatic rings. The molecule has 130 valence electrons. The smallest absolute Gasteiger partial charge is 0.313 e. The summed E-state index contributed by atoms with van der Waals surface area (Å²) in [6, 6.07) is 9.02. The molecule has 1 aromatic rings. The Kier molecular flexibility index (Phi) is 5.92. The molecule has 1 fully saturated rings. The first-order valence-electron chi connectivity index (χ1n) is 7.78. The molecule has 5 nitrogen and oxygen atoms in total. The monoisotopic (exact) mass is 368 g/mol. The lowest BCUT2D eigenvalue weighted by atomic mass is 9.76. The molecule has 24 heavy (non-hydrogen) atoms. The molecule has 0 bridgehead atoms. The van der Waals surface area contributed by atoms with Gasteiger partial charge in [-0.25, -0.2) is 8.51 Å². The number of carbonyl (C=O) groups excluding carboxylic acids is 1. The normalized spacial score (nSPS) is 19.9. The number of nitrogens with zero attached hydrogens (tertiary/aromatic N) is 2. The van der Waals surface area contributed by atoms with Crippen LogP contribution in [-0.2, 0) is 19.2 Å². The van der Waals surface area contributed by atoms with Crippen LogP contribution in [0.25, 0.3) is 0 Å². The van der Waals surface area contributed by atoms with Crippen molar-refractivity contribution in [2.45, 2.75) is 31.1 Å². The Labute approximate surface area is 148 Å². The largest absolute Gasteiger partial charge is 0.466 e. The summed E-state index contributed by atoms with van der Waals surface area (Å²) in [6.45, 7) is 2.82. The highest BCUT2D eigenvalue weighted by molar-refractivity contribution is 7.98. The first-order chi connectivity index (χ1) is 11.4. The average Bonchev–Trinajstić information content (AvgIpc) is 2.56. The van der Waals surface area contributed by atoms with Crippen LogP contribution in [0.2, 0.25) is 5.02 Å². The molecule has 1 atom stereocenters. The maximum atomic E-state index is 13.2. The molecular weight excluding hydrogens is 348 g/mol. The van der Waals surface area contributed by atoms with E-state index in [1.54, 1.807) is 35.5 Å². The number of halogens is 1. The number of nitriles is 1. The number of hydrogen-bond acceptors (Lipinski definition) is 4. The molecule has 2 rings (SSSR count). The van der Waals surface area contributed by atoms with Gasteiger partial charge in [0.05, 0.1) is 44.1 Å². The van der Waals surface area contributed by atoms with Crippen molar-refractivity contribution in [2.75, 3.05) is 19.7 Å². The number of carbonyl (C=O) groups is 1. The second-order valence-corrected chi connectivity index (χ2v) is 8.48. The molecule has 0 aliphatic carbocycles. The van der Waals surface area contributed by atoms with E-state index in [0.717, 1.165) is 0 Å². The van der Waals surface area contributed by atoms with Crippen LogP contribution >= 0.6 is 11.6 Å². The van der Waals surface area contributed by atoms with Gasteiger partial charge in [0, 0.05) is 13.1 Å². The van der Waals surface area contributed by atoms with Gasteiger partial charge in [0.1, 0.15) is 0 Å². The van der Waals surface area contributed by atoms with Crippen molar-refractivity contribution in [3.8, 4) is 6.07 Å². The summed E-state index contributed by atoms with van der Waals surface area (Å²) >= 11 is 6.16. The fourth-order valence-electron chi connectivity index (χ4n) is 2.94. The second kappa shape index (κ2) is 7.56. The van der Waals surface area contributed by atoms with E-state index in [-0.39, 0.29) is 19.0 Å². The summed E-state index contributed by atoms with van der Waals surface area (Å²) in [4.78, 5) is 12.8. The lowest BCUT2D eigenvalue weighted by Crippen LogP contribution is -2.47. The summed E-state index contributed by atoms with van der Waals surface area (Å²) in [5.74, 6) is 3.54. The Hall–Kier alpha value is -1.55. The zero-order chi connectivity index (χ0) is 17.8. The third-order valence-electron chi connectivity index (χ3n) is 4.40. The van der Waals surface area contributed by atoms with Crippen LogP contribution in [0.15, 0.2) is 29.2 Å². The SMILES string of the molecule is C=S(=O)(c1ccccc1Cl)N1CCC(CC#N)(C(=O)OCC)CC1. The predicted molar refractivity (Wildman–Crippen MR) is 95.1 cm³/mol. The van der Waals surface area contributed by atoms with Gasteiger partial charge >= 0.3 is 5.97 Å².